The third-order valence-electron chi connectivity index (χ3n) is 4.69. The predicted octanol–water partition coefficient (Wildman–Crippen LogP) is 2.00. The van der Waals surface area contributed by atoms with Crippen LogP contribution in [0.1, 0.15) is 16.8 Å². The van der Waals surface area contributed by atoms with Crippen molar-refractivity contribution in [3.8, 4) is 0 Å². The lowest BCUT2D eigenvalue weighted by atomic mass is 10.2. The number of anilines is 2. The minimum atomic E-state index is -3.80. The highest BCUT2D eigenvalue weighted by Crippen LogP contribution is 2.11. The molecule has 0 saturated carbocycles. The topological polar surface area (TPSA) is 123 Å². The number of hydrogen-bond donors (Lipinski definition) is 3. The zero-order chi connectivity index (χ0) is 22.4. The highest BCUT2D eigenvalue weighted by molar-refractivity contribution is 7.91. The van der Waals surface area contributed by atoms with Crippen molar-refractivity contribution in [1.82, 2.24) is 9.88 Å². The van der Waals surface area contributed by atoms with Gasteiger partial charge >= 0.3 is 0 Å². The number of hydrogen-bond acceptors (Lipinski definition) is 5. The number of nitrogens with two attached hydrogens (primary N) is 1. The van der Waals surface area contributed by atoms with Crippen LogP contribution in [-0.2, 0) is 33.7 Å². The van der Waals surface area contributed by atoms with Crippen molar-refractivity contribution in [3.05, 3.63) is 93.9 Å². The first-order chi connectivity index (χ1) is 14.7. The van der Waals surface area contributed by atoms with Gasteiger partial charge in [-0.3, -0.25) is 14.3 Å². The van der Waals surface area contributed by atoms with Gasteiger partial charge in [-0.1, -0.05) is 48.5 Å². The third kappa shape index (κ3) is 5.95. The van der Waals surface area contributed by atoms with Crippen LogP contribution in [0, 0.1) is 6.92 Å². The van der Waals surface area contributed by atoms with Crippen LogP contribution in [-0.4, -0.2) is 18.9 Å². The summed E-state index contributed by atoms with van der Waals surface area (Å²) >= 11 is 0. The van der Waals surface area contributed by atoms with Crippen LogP contribution in [0.25, 0.3) is 0 Å². The number of amides is 1. The van der Waals surface area contributed by atoms with Gasteiger partial charge in [0, 0.05) is 17.9 Å². The summed E-state index contributed by atoms with van der Waals surface area (Å²) in [5.74, 6) is -0.655. The molecule has 0 aliphatic rings. The summed E-state index contributed by atoms with van der Waals surface area (Å²) in [4.78, 5) is 25.2. The summed E-state index contributed by atoms with van der Waals surface area (Å²) in [6.45, 7) is 1.65. The van der Waals surface area contributed by atoms with Crippen LogP contribution in [0.2, 0.25) is 0 Å². The predicted molar refractivity (Wildman–Crippen MR) is 121 cm³/mol. The number of carbonyl (C=O) groups is 1. The van der Waals surface area contributed by atoms with Crippen LogP contribution in [0.15, 0.2) is 71.5 Å². The molecule has 1 heterocycles. The van der Waals surface area contributed by atoms with Crippen molar-refractivity contribution in [2.24, 2.45) is 0 Å². The lowest BCUT2D eigenvalue weighted by Gasteiger charge is -2.14. The summed E-state index contributed by atoms with van der Waals surface area (Å²) in [6.07, 6.45) is 0. The van der Waals surface area contributed by atoms with E-state index < -0.39 is 21.5 Å². The van der Waals surface area contributed by atoms with E-state index in [0.29, 0.717) is 16.9 Å². The fourth-order valence-electron chi connectivity index (χ4n) is 3.03. The number of sulfonamides is 1. The van der Waals surface area contributed by atoms with Gasteiger partial charge in [0.25, 0.3) is 5.56 Å². The van der Waals surface area contributed by atoms with Crippen LogP contribution < -0.4 is 21.3 Å². The van der Waals surface area contributed by atoms with Crippen molar-refractivity contribution in [2.45, 2.75) is 25.8 Å². The van der Waals surface area contributed by atoms with E-state index in [1.54, 1.807) is 61.5 Å². The van der Waals surface area contributed by atoms with E-state index in [-0.39, 0.29) is 24.5 Å². The molecule has 31 heavy (non-hydrogen) atoms. The van der Waals surface area contributed by atoms with Gasteiger partial charge in [0.05, 0.1) is 5.75 Å². The van der Waals surface area contributed by atoms with Gasteiger partial charge in [-0.25, -0.2) is 8.42 Å². The molecule has 0 atom stereocenters. The fourth-order valence-corrected chi connectivity index (χ4v) is 4.22. The van der Waals surface area contributed by atoms with Gasteiger partial charge in [-0.05, 0) is 36.2 Å². The second kappa shape index (κ2) is 9.48. The molecule has 1 amide bonds. The van der Waals surface area contributed by atoms with Crippen LogP contribution >= 0.6 is 0 Å². The number of aryl methyl sites for hydroxylation is 1. The molecule has 3 aromatic rings. The molecule has 8 nitrogen and oxygen atoms in total. The number of pyridine rings is 1. The molecule has 0 radical (unpaired) electrons. The standard InChI is InChI=1S/C22H24N4O4S/c1-16-11-12-20(25-31(29,30)15-17-7-3-2-4-8-17)22(28)26(16)14-21(27)24-13-18-9-5-6-10-19(18)23/h2-12,25H,13-15,23H2,1H3,(H,24,27). The van der Waals surface area contributed by atoms with E-state index in [9.17, 15) is 18.0 Å². The molecule has 0 unspecified atom stereocenters. The first-order valence-electron chi connectivity index (χ1n) is 9.60. The normalized spacial score (nSPS) is 11.1. The number of nitrogens with one attached hydrogen (secondary N) is 2. The maximum atomic E-state index is 12.8. The van der Waals surface area contributed by atoms with Gasteiger partial charge in [0.2, 0.25) is 15.9 Å². The molecular weight excluding hydrogens is 416 g/mol. The first kappa shape index (κ1) is 22.1. The molecule has 0 saturated heterocycles. The van der Waals surface area contributed by atoms with E-state index >= 15 is 0 Å². The van der Waals surface area contributed by atoms with E-state index in [0.717, 1.165) is 5.56 Å². The molecule has 0 fully saturated rings. The van der Waals surface area contributed by atoms with Crippen molar-refractivity contribution < 1.29 is 13.2 Å². The zero-order valence-corrected chi connectivity index (χ0v) is 17.9. The zero-order valence-electron chi connectivity index (χ0n) is 17.0. The summed E-state index contributed by atoms with van der Waals surface area (Å²) in [7, 11) is -3.80. The number of carbonyl (C=O) groups excluding carboxylic acids is 1. The average molecular weight is 441 g/mol. The Kier molecular flexibility index (Phi) is 6.76. The molecule has 2 aromatic carbocycles. The smallest absolute Gasteiger partial charge is 0.275 e. The van der Waals surface area contributed by atoms with Crippen LogP contribution in [0.5, 0.6) is 0 Å². The van der Waals surface area contributed by atoms with Gasteiger partial charge in [0.15, 0.2) is 0 Å². The number of benzene rings is 2. The summed E-state index contributed by atoms with van der Waals surface area (Å²) in [5.41, 5.74) is 7.63. The SMILES string of the molecule is Cc1ccc(NS(=O)(=O)Cc2ccccc2)c(=O)n1CC(=O)NCc1ccccc1N. The lowest BCUT2D eigenvalue weighted by Crippen LogP contribution is -2.34. The minimum absolute atomic E-state index is 0.110. The maximum absolute atomic E-state index is 12.8. The van der Waals surface area contributed by atoms with Crippen molar-refractivity contribution in [3.63, 3.8) is 0 Å². The highest BCUT2D eigenvalue weighted by atomic mass is 32.2. The summed E-state index contributed by atoms with van der Waals surface area (Å²) < 4.78 is 28.5. The number of para-hydroxylation sites is 1. The first-order valence-corrected chi connectivity index (χ1v) is 11.3. The second-order valence-corrected chi connectivity index (χ2v) is 8.82. The Labute approximate surface area is 180 Å². The molecule has 162 valence electrons. The molecule has 0 aliphatic carbocycles. The minimum Gasteiger partial charge on any atom is -0.398 e. The van der Waals surface area contributed by atoms with E-state index in [1.165, 1.54) is 10.6 Å². The molecule has 4 N–H and O–H groups in total. The van der Waals surface area contributed by atoms with E-state index in [2.05, 4.69) is 10.0 Å². The second-order valence-electron chi connectivity index (χ2n) is 7.10. The Morgan fingerprint density at radius 2 is 1.68 bits per heavy atom. The monoisotopic (exact) mass is 440 g/mol. The Bertz CT molecular complexity index is 1240. The molecule has 0 aliphatic heterocycles. The average Bonchev–Trinajstić information content (AvgIpc) is 2.73. The maximum Gasteiger partial charge on any atom is 0.275 e. The van der Waals surface area contributed by atoms with E-state index in [1.807, 2.05) is 6.07 Å². The molecule has 1 aromatic heterocycles. The Morgan fingerprint density at radius 1 is 1.00 bits per heavy atom. The van der Waals surface area contributed by atoms with Crippen molar-refractivity contribution in [1.29, 1.82) is 0 Å². The number of aromatic nitrogens is 1. The molecule has 3 rings (SSSR count). The molecule has 0 spiro atoms. The largest absolute Gasteiger partial charge is 0.398 e. The summed E-state index contributed by atoms with van der Waals surface area (Å²) in [6, 6.07) is 18.8. The van der Waals surface area contributed by atoms with Crippen molar-refractivity contribution >= 4 is 27.3 Å². The van der Waals surface area contributed by atoms with Crippen molar-refractivity contribution in [2.75, 3.05) is 10.5 Å². The highest BCUT2D eigenvalue weighted by Gasteiger charge is 2.16. The van der Waals surface area contributed by atoms with Crippen LogP contribution in [0.3, 0.4) is 0 Å². The van der Waals surface area contributed by atoms with Gasteiger partial charge < -0.3 is 15.6 Å². The van der Waals surface area contributed by atoms with Crippen LogP contribution in [0.4, 0.5) is 11.4 Å². The fraction of sp³-hybridized carbons (Fsp3) is 0.182. The Balaban J connectivity index is 1.72. The summed E-state index contributed by atoms with van der Waals surface area (Å²) in [5, 5.41) is 2.73. The number of nitrogens with zero attached hydrogens (tertiary/aromatic N) is 1. The van der Waals surface area contributed by atoms with Gasteiger partial charge in [-0.15, -0.1) is 0 Å². The van der Waals surface area contributed by atoms with Gasteiger partial charge in [-0.2, -0.15) is 0 Å². The lowest BCUT2D eigenvalue weighted by molar-refractivity contribution is -0.121. The third-order valence-corrected chi connectivity index (χ3v) is 5.93. The van der Waals surface area contributed by atoms with E-state index in [4.69, 9.17) is 5.73 Å². The molecule has 9 heteroatoms. The number of nitrogen functional groups attached to an aromatic ring is 1. The van der Waals surface area contributed by atoms with Gasteiger partial charge in [0.1, 0.15) is 12.2 Å². The quantitative estimate of drug-likeness (QED) is 0.462. The number of rotatable bonds is 8. The molecule has 0 bridgehead atoms. The Hall–Kier alpha value is -3.59. The Morgan fingerprint density at radius 3 is 2.39 bits per heavy atom. The molecular formula is C22H24N4O4S.